The Morgan fingerprint density at radius 1 is 0.897 bits per heavy atom. The van der Waals surface area contributed by atoms with Crippen LogP contribution in [0.5, 0.6) is 0 Å². The van der Waals surface area contributed by atoms with Crippen LogP contribution in [0.3, 0.4) is 0 Å². The predicted octanol–water partition coefficient (Wildman–Crippen LogP) is 3.54. The zero-order valence-corrected chi connectivity index (χ0v) is 17.4. The number of benzodiazepines with no additional fused rings is 1. The molecule has 29 heavy (non-hydrogen) atoms. The number of hydrogen-bond acceptors (Lipinski definition) is 4. The number of rotatable bonds is 4. The summed E-state index contributed by atoms with van der Waals surface area (Å²) in [5.74, 6) is -0.556. The molecule has 3 aromatic rings. The Bertz CT molecular complexity index is 1210. The van der Waals surface area contributed by atoms with Gasteiger partial charge in [0.15, 0.2) is 6.17 Å². The van der Waals surface area contributed by atoms with Crippen molar-refractivity contribution in [2.24, 2.45) is 4.99 Å². The number of fused-ring (bicyclic) bond motifs is 1. The number of amides is 1. The fourth-order valence-corrected chi connectivity index (χ4v) is 5.12. The quantitative estimate of drug-likeness (QED) is 0.612. The smallest absolute Gasteiger partial charge is 0.264 e. The zero-order chi connectivity index (χ0) is 20.4. The van der Waals surface area contributed by atoms with Gasteiger partial charge in [0.25, 0.3) is 5.91 Å². The summed E-state index contributed by atoms with van der Waals surface area (Å²) in [6, 6.07) is 23.0. The normalized spacial score (nSPS) is 16.4. The minimum atomic E-state index is -4.00. The van der Waals surface area contributed by atoms with Crippen LogP contribution >= 0.6 is 15.9 Å². The number of nitrogens with zero attached hydrogens (tertiary/aromatic N) is 1. The van der Waals surface area contributed by atoms with E-state index in [1.807, 2.05) is 42.5 Å². The molecule has 2 N–H and O–H groups in total. The molecule has 1 aliphatic heterocycles. The monoisotopic (exact) mass is 469 g/mol. The lowest BCUT2D eigenvalue weighted by Gasteiger charge is -2.14. The molecule has 0 saturated carbocycles. The second kappa shape index (κ2) is 7.90. The zero-order valence-electron chi connectivity index (χ0n) is 15.0. The highest BCUT2D eigenvalue weighted by molar-refractivity contribution is 9.10. The van der Waals surface area contributed by atoms with Crippen molar-refractivity contribution in [3.05, 3.63) is 94.5 Å². The number of anilines is 1. The van der Waals surface area contributed by atoms with Crippen molar-refractivity contribution >= 4 is 43.3 Å². The molecule has 0 aliphatic carbocycles. The Morgan fingerprint density at radius 3 is 2.31 bits per heavy atom. The molecule has 1 unspecified atom stereocenters. The highest BCUT2D eigenvalue weighted by Crippen LogP contribution is 2.25. The van der Waals surface area contributed by atoms with Gasteiger partial charge in [-0.05, 0) is 34.1 Å². The van der Waals surface area contributed by atoms with E-state index in [4.69, 9.17) is 0 Å². The third-order valence-electron chi connectivity index (χ3n) is 4.39. The Kier molecular flexibility index (Phi) is 5.31. The maximum atomic E-state index is 12.9. The van der Waals surface area contributed by atoms with Crippen LogP contribution in [0, 0.1) is 0 Å². The second-order valence-corrected chi connectivity index (χ2v) is 8.87. The van der Waals surface area contributed by atoms with Crippen LogP contribution in [0.25, 0.3) is 0 Å². The average Bonchev–Trinajstić information content (AvgIpc) is 2.85. The van der Waals surface area contributed by atoms with Gasteiger partial charge in [0.1, 0.15) is 0 Å². The molecule has 146 valence electrons. The number of hydrogen-bond donors (Lipinski definition) is 2. The van der Waals surface area contributed by atoms with Crippen molar-refractivity contribution in [3.8, 4) is 0 Å². The molecule has 1 aliphatic rings. The van der Waals surface area contributed by atoms with Crippen molar-refractivity contribution < 1.29 is 13.2 Å². The van der Waals surface area contributed by atoms with Crippen molar-refractivity contribution in [1.29, 1.82) is 0 Å². The van der Waals surface area contributed by atoms with Crippen LogP contribution in [-0.4, -0.2) is 26.2 Å². The first-order chi connectivity index (χ1) is 14.0. The number of carbonyl (C=O) groups is 1. The van der Waals surface area contributed by atoms with Crippen molar-refractivity contribution in [2.75, 3.05) is 5.32 Å². The predicted molar refractivity (Wildman–Crippen MR) is 115 cm³/mol. The summed E-state index contributed by atoms with van der Waals surface area (Å²) in [7, 11) is -4.00. The van der Waals surface area contributed by atoms with Gasteiger partial charge >= 0.3 is 0 Å². The van der Waals surface area contributed by atoms with Crippen LogP contribution in [0.2, 0.25) is 0 Å². The van der Waals surface area contributed by atoms with Gasteiger partial charge in [0, 0.05) is 15.6 Å². The van der Waals surface area contributed by atoms with Crippen LogP contribution in [0.1, 0.15) is 11.1 Å². The van der Waals surface area contributed by atoms with E-state index in [2.05, 4.69) is 31.0 Å². The number of nitrogens with one attached hydrogen (secondary N) is 2. The summed E-state index contributed by atoms with van der Waals surface area (Å²) in [6.45, 7) is 0. The fourth-order valence-electron chi connectivity index (χ4n) is 3.04. The van der Waals surface area contributed by atoms with E-state index in [1.54, 1.807) is 30.3 Å². The molecule has 0 saturated heterocycles. The lowest BCUT2D eigenvalue weighted by atomic mass is 10.0. The molecule has 0 spiro atoms. The molecule has 8 heteroatoms. The minimum Gasteiger partial charge on any atom is -0.322 e. The van der Waals surface area contributed by atoms with Crippen LogP contribution < -0.4 is 10.0 Å². The van der Waals surface area contributed by atoms with Crippen LogP contribution in [0.15, 0.2) is 93.2 Å². The SMILES string of the molecule is O=C1Nc2ccccc2C(c2ccccc2)=NC1NS(=O)(=O)c1ccccc1Br. The molecule has 1 heterocycles. The number of sulfonamides is 1. The standard InChI is InChI=1S/C21H16BrN3O3S/c22-16-11-5-7-13-18(16)29(27,28)25-20-21(26)23-17-12-6-4-10-15(17)19(24-20)14-8-2-1-3-9-14/h1-13,20,25H,(H,23,26). The molecule has 1 atom stereocenters. The molecular weight excluding hydrogens is 454 g/mol. The Labute approximate surface area is 176 Å². The van der Waals surface area contributed by atoms with E-state index in [-0.39, 0.29) is 4.90 Å². The van der Waals surface area contributed by atoms with E-state index >= 15 is 0 Å². The van der Waals surface area contributed by atoms with E-state index in [1.165, 1.54) is 6.07 Å². The summed E-state index contributed by atoms with van der Waals surface area (Å²) < 4.78 is 28.6. The molecule has 4 rings (SSSR count). The lowest BCUT2D eigenvalue weighted by Crippen LogP contribution is -2.42. The lowest BCUT2D eigenvalue weighted by molar-refractivity contribution is -0.117. The summed E-state index contributed by atoms with van der Waals surface area (Å²) in [5, 5.41) is 2.77. The second-order valence-electron chi connectivity index (χ2n) is 6.33. The summed E-state index contributed by atoms with van der Waals surface area (Å²) in [4.78, 5) is 17.3. The van der Waals surface area contributed by atoms with Crippen molar-refractivity contribution in [1.82, 2.24) is 4.72 Å². The number of aliphatic imine (C=N–C) groups is 1. The minimum absolute atomic E-state index is 0.0334. The maximum Gasteiger partial charge on any atom is 0.264 e. The van der Waals surface area contributed by atoms with Gasteiger partial charge in [-0.2, -0.15) is 4.72 Å². The van der Waals surface area contributed by atoms with Gasteiger partial charge in [0.2, 0.25) is 10.0 Å². The average molecular weight is 470 g/mol. The maximum absolute atomic E-state index is 12.9. The highest BCUT2D eigenvalue weighted by atomic mass is 79.9. The first-order valence-corrected chi connectivity index (χ1v) is 11.0. The van der Waals surface area contributed by atoms with Gasteiger partial charge in [-0.25, -0.2) is 8.42 Å². The molecule has 1 amide bonds. The number of benzene rings is 3. The van der Waals surface area contributed by atoms with Crippen LogP contribution in [-0.2, 0) is 14.8 Å². The topological polar surface area (TPSA) is 87.6 Å². The molecule has 3 aromatic carbocycles. The van der Waals surface area contributed by atoms with Gasteiger partial charge in [0.05, 0.1) is 16.3 Å². The van der Waals surface area contributed by atoms with E-state index in [0.717, 1.165) is 11.1 Å². The molecule has 0 fully saturated rings. The Morgan fingerprint density at radius 2 is 1.55 bits per heavy atom. The van der Waals surface area contributed by atoms with E-state index in [9.17, 15) is 13.2 Å². The summed E-state index contributed by atoms with van der Waals surface area (Å²) >= 11 is 3.24. The molecule has 0 bridgehead atoms. The van der Waals surface area contributed by atoms with Gasteiger partial charge in [-0.1, -0.05) is 60.7 Å². The highest BCUT2D eigenvalue weighted by Gasteiger charge is 2.30. The number of para-hydroxylation sites is 1. The summed E-state index contributed by atoms with van der Waals surface area (Å²) in [6.07, 6.45) is -1.32. The molecular formula is C21H16BrN3O3S. The number of carbonyl (C=O) groups excluding carboxylic acids is 1. The van der Waals surface area contributed by atoms with Crippen LogP contribution in [0.4, 0.5) is 5.69 Å². The Balaban J connectivity index is 1.80. The summed E-state index contributed by atoms with van der Waals surface area (Å²) in [5.41, 5.74) is 2.60. The largest absolute Gasteiger partial charge is 0.322 e. The van der Waals surface area contributed by atoms with Crippen molar-refractivity contribution in [3.63, 3.8) is 0 Å². The van der Waals surface area contributed by atoms with Gasteiger partial charge in [-0.15, -0.1) is 0 Å². The molecule has 0 aromatic heterocycles. The third-order valence-corrected chi connectivity index (χ3v) is 6.81. The van der Waals surface area contributed by atoms with Gasteiger partial charge in [-0.3, -0.25) is 9.79 Å². The van der Waals surface area contributed by atoms with E-state index < -0.39 is 22.1 Å². The van der Waals surface area contributed by atoms with E-state index in [0.29, 0.717) is 15.9 Å². The number of halogens is 1. The fraction of sp³-hybridized carbons (Fsp3) is 0.0476. The van der Waals surface area contributed by atoms with Crippen molar-refractivity contribution in [2.45, 2.75) is 11.1 Å². The van der Waals surface area contributed by atoms with Gasteiger partial charge < -0.3 is 5.32 Å². The Hall–Kier alpha value is -2.81. The molecule has 6 nitrogen and oxygen atoms in total. The molecule has 0 radical (unpaired) electrons. The first-order valence-electron chi connectivity index (χ1n) is 8.76. The first kappa shape index (κ1) is 19.5. The third kappa shape index (κ3) is 4.00.